The molecule has 0 spiro atoms. The van der Waals surface area contributed by atoms with Crippen LogP contribution in [-0.2, 0) is 4.79 Å². The minimum Gasteiger partial charge on any atom is -0.481 e. The highest BCUT2D eigenvalue weighted by Gasteiger charge is 2.27. The van der Waals surface area contributed by atoms with Gasteiger partial charge in [-0.1, -0.05) is 54.1 Å². The van der Waals surface area contributed by atoms with E-state index in [1.807, 2.05) is 30.3 Å². The lowest BCUT2D eigenvalue weighted by molar-refractivity contribution is -0.142. The minimum atomic E-state index is -0.661. The van der Waals surface area contributed by atoms with Crippen LogP contribution in [0, 0.1) is 5.92 Å². The van der Waals surface area contributed by atoms with Crippen LogP contribution in [0.15, 0.2) is 54.6 Å². The lowest BCUT2D eigenvalue weighted by atomic mass is 9.85. The Bertz CT molecular complexity index is 664. The van der Waals surface area contributed by atoms with Crippen molar-refractivity contribution < 1.29 is 9.90 Å². The number of nitrogens with one attached hydrogen (secondary N) is 1. The third-order valence-corrected chi connectivity index (χ3v) is 5.07. The fourth-order valence-electron chi connectivity index (χ4n) is 3.43. The average Bonchev–Trinajstić information content (AvgIpc) is 2.62. The van der Waals surface area contributed by atoms with Gasteiger partial charge in [-0.15, -0.1) is 0 Å². The van der Waals surface area contributed by atoms with Gasteiger partial charge in [0.15, 0.2) is 0 Å². The molecule has 3 nitrogen and oxygen atoms in total. The predicted molar refractivity (Wildman–Crippen MR) is 96.3 cm³/mol. The lowest BCUT2D eigenvalue weighted by Crippen LogP contribution is -2.37. The number of carboxylic acids is 1. The number of hydrogen-bond acceptors (Lipinski definition) is 2. The standard InChI is InChI=1S/C20H22ClNO2/c21-17-10-6-15(7-11-17)19(14-4-2-1-3-5-14)22-18-12-8-16(9-13-18)20(23)24/h1-7,10-11,16,18-19,22H,8-9,12-13H2,(H,23,24). The van der Waals surface area contributed by atoms with E-state index < -0.39 is 5.97 Å². The summed E-state index contributed by atoms with van der Waals surface area (Å²) in [5.41, 5.74) is 2.38. The molecule has 0 saturated heterocycles. The van der Waals surface area contributed by atoms with Crippen molar-refractivity contribution in [3.05, 3.63) is 70.7 Å². The molecule has 4 heteroatoms. The van der Waals surface area contributed by atoms with Crippen molar-refractivity contribution in [1.82, 2.24) is 5.32 Å². The Labute approximate surface area is 147 Å². The van der Waals surface area contributed by atoms with Gasteiger partial charge in [0.25, 0.3) is 0 Å². The van der Waals surface area contributed by atoms with Crippen LogP contribution in [-0.4, -0.2) is 17.1 Å². The van der Waals surface area contributed by atoms with E-state index in [-0.39, 0.29) is 12.0 Å². The molecule has 1 aliphatic rings. The SMILES string of the molecule is O=C(O)C1CCC(NC(c2ccccc2)c2ccc(Cl)cc2)CC1. The van der Waals surface area contributed by atoms with Gasteiger partial charge in [-0.2, -0.15) is 0 Å². The summed E-state index contributed by atoms with van der Waals surface area (Å²) < 4.78 is 0. The largest absolute Gasteiger partial charge is 0.481 e. The fraction of sp³-hybridized carbons (Fsp3) is 0.350. The Morgan fingerprint density at radius 1 is 0.958 bits per heavy atom. The first-order valence-electron chi connectivity index (χ1n) is 8.43. The van der Waals surface area contributed by atoms with E-state index in [1.165, 1.54) is 11.1 Å². The Balaban J connectivity index is 1.76. The molecule has 1 atom stereocenters. The summed E-state index contributed by atoms with van der Waals surface area (Å²) in [6.07, 6.45) is 3.28. The van der Waals surface area contributed by atoms with Crippen molar-refractivity contribution in [3.63, 3.8) is 0 Å². The summed E-state index contributed by atoms with van der Waals surface area (Å²) in [4.78, 5) is 11.1. The summed E-state index contributed by atoms with van der Waals surface area (Å²) in [5, 5.41) is 13.6. The molecule has 2 aromatic carbocycles. The van der Waals surface area contributed by atoms with E-state index in [4.69, 9.17) is 16.7 Å². The first-order valence-corrected chi connectivity index (χ1v) is 8.80. The zero-order valence-electron chi connectivity index (χ0n) is 13.5. The third-order valence-electron chi connectivity index (χ3n) is 4.82. The highest BCUT2D eigenvalue weighted by Crippen LogP contribution is 2.29. The van der Waals surface area contributed by atoms with E-state index in [0.29, 0.717) is 6.04 Å². The van der Waals surface area contributed by atoms with Gasteiger partial charge in [0.1, 0.15) is 0 Å². The maximum atomic E-state index is 11.1. The van der Waals surface area contributed by atoms with Crippen molar-refractivity contribution in [3.8, 4) is 0 Å². The molecule has 0 amide bonds. The molecule has 0 radical (unpaired) electrons. The van der Waals surface area contributed by atoms with Crippen LogP contribution >= 0.6 is 11.6 Å². The molecule has 1 fully saturated rings. The molecule has 0 bridgehead atoms. The molecular formula is C20H22ClNO2. The smallest absolute Gasteiger partial charge is 0.306 e. The zero-order valence-corrected chi connectivity index (χ0v) is 14.2. The van der Waals surface area contributed by atoms with Crippen molar-refractivity contribution in [2.24, 2.45) is 5.92 Å². The average molecular weight is 344 g/mol. The molecule has 1 aliphatic carbocycles. The third kappa shape index (κ3) is 4.16. The second kappa shape index (κ2) is 7.82. The Morgan fingerprint density at radius 3 is 2.12 bits per heavy atom. The Hall–Kier alpha value is -1.84. The van der Waals surface area contributed by atoms with Crippen LogP contribution < -0.4 is 5.32 Å². The molecule has 1 saturated carbocycles. The van der Waals surface area contributed by atoms with Gasteiger partial charge in [-0.05, 0) is 48.9 Å². The molecule has 2 aromatic rings. The molecule has 0 aliphatic heterocycles. The van der Waals surface area contributed by atoms with Gasteiger partial charge in [0.05, 0.1) is 12.0 Å². The summed E-state index contributed by atoms with van der Waals surface area (Å²) in [6.45, 7) is 0. The highest BCUT2D eigenvalue weighted by molar-refractivity contribution is 6.30. The van der Waals surface area contributed by atoms with Gasteiger partial charge in [-0.3, -0.25) is 4.79 Å². The highest BCUT2D eigenvalue weighted by atomic mass is 35.5. The number of halogens is 1. The molecule has 0 heterocycles. The maximum absolute atomic E-state index is 11.1. The molecule has 1 unspecified atom stereocenters. The number of rotatable bonds is 5. The van der Waals surface area contributed by atoms with Crippen LogP contribution in [0.1, 0.15) is 42.9 Å². The molecule has 2 N–H and O–H groups in total. The number of benzene rings is 2. The lowest BCUT2D eigenvalue weighted by Gasteiger charge is -2.31. The second-order valence-electron chi connectivity index (χ2n) is 6.45. The number of hydrogen-bond donors (Lipinski definition) is 2. The Kier molecular flexibility index (Phi) is 5.54. The first kappa shape index (κ1) is 17.0. The topological polar surface area (TPSA) is 49.3 Å². The summed E-state index contributed by atoms with van der Waals surface area (Å²) in [7, 11) is 0. The van der Waals surface area contributed by atoms with Gasteiger partial charge in [-0.25, -0.2) is 0 Å². The summed E-state index contributed by atoms with van der Waals surface area (Å²) in [6, 6.07) is 18.7. The van der Waals surface area contributed by atoms with Crippen molar-refractivity contribution in [1.29, 1.82) is 0 Å². The van der Waals surface area contributed by atoms with Crippen molar-refractivity contribution in [2.75, 3.05) is 0 Å². The van der Waals surface area contributed by atoms with Crippen molar-refractivity contribution >= 4 is 17.6 Å². The number of carbonyl (C=O) groups is 1. The second-order valence-corrected chi connectivity index (χ2v) is 6.89. The Morgan fingerprint density at radius 2 is 1.54 bits per heavy atom. The van der Waals surface area contributed by atoms with Crippen molar-refractivity contribution in [2.45, 2.75) is 37.8 Å². The summed E-state index contributed by atoms with van der Waals surface area (Å²) >= 11 is 6.02. The number of aliphatic carboxylic acids is 1. The molecule has 126 valence electrons. The molecular weight excluding hydrogens is 322 g/mol. The zero-order chi connectivity index (χ0) is 16.9. The van der Waals surface area contributed by atoms with E-state index in [0.717, 1.165) is 30.7 Å². The quantitative estimate of drug-likeness (QED) is 0.829. The van der Waals surface area contributed by atoms with E-state index in [1.54, 1.807) is 0 Å². The van der Waals surface area contributed by atoms with Crippen LogP contribution in [0.2, 0.25) is 5.02 Å². The monoisotopic (exact) mass is 343 g/mol. The van der Waals surface area contributed by atoms with Gasteiger partial charge < -0.3 is 10.4 Å². The van der Waals surface area contributed by atoms with Crippen LogP contribution in [0.3, 0.4) is 0 Å². The molecule has 24 heavy (non-hydrogen) atoms. The van der Waals surface area contributed by atoms with E-state index >= 15 is 0 Å². The van der Waals surface area contributed by atoms with Gasteiger partial charge in [0, 0.05) is 11.1 Å². The van der Waals surface area contributed by atoms with Crippen LogP contribution in [0.5, 0.6) is 0 Å². The predicted octanol–water partition coefficient (Wildman–Crippen LogP) is 4.66. The van der Waals surface area contributed by atoms with Gasteiger partial charge >= 0.3 is 5.97 Å². The van der Waals surface area contributed by atoms with E-state index in [2.05, 4.69) is 29.6 Å². The van der Waals surface area contributed by atoms with Crippen LogP contribution in [0.25, 0.3) is 0 Å². The van der Waals surface area contributed by atoms with Crippen LogP contribution in [0.4, 0.5) is 0 Å². The first-order chi connectivity index (χ1) is 11.6. The van der Waals surface area contributed by atoms with E-state index in [9.17, 15) is 4.79 Å². The fourth-order valence-corrected chi connectivity index (χ4v) is 3.55. The summed E-state index contributed by atoms with van der Waals surface area (Å²) in [5.74, 6) is -0.848. The van der Waals surface area contributed by atoms with Gasteiger partial charge in [0.2, 0.25) is 0 Å². The maximum Gasteiger partial charge on any atom is 0.306 e. The number of carboxylic acid groups (broad SMARTS) is 1. The molecule has 3 rings (SSSR count). The normalized spacial score (nSPS) is 22.0. The molecule has 0 aromatic heterocycles. The minimum absolute atomic E-state index is 0.0924.